The van der Waals surface area contributed by atoms with E-state index >= 15 is 0 Å². The van der Waals surface area contributed by atoms with Crippen LogP contribution in [0, 0.1) is 0 Å². The maximum atomic E-state index is 11.8. The average Bonchev–Trinajstić information content (AvgIpc) is 2.83. The van der Waals surface area contributed by atoms with Gasteiger partial charge in [-0.25, -0.2) is 9.59 Å². The second-order valence-electron chi connectivity index (χ2n) is 3.65. The van der Waals surface area contributed by atoms with Crippen LogP contribution in [-0.2, 0) is 9.53 Å². The number of aromatic carboxylic acids is 1. The van der Waals surface area contributed by atoms with E-state index in [1.807, 2.05) is 0 Å². The van der Waals surface area contributed by atoms with Gasteiger partial charge in [0.05, 0.1) is 19.1 Å². The molecule has 1 aromatic heterocycles. The molecule has 0 aliphatic heterocycles. The van der Waals surface area contributed by atoms with Gasteiger partial charge in [-0.05, 0) is 11.4 Å². The molecule has 0 unspecified atom stereocenters. The summed E-state index contributed by atoms with van der Waals surface area (Å²) in [4.78, 5) is 34.9. The minimum Gasteiger partial charge on any atom is -0.478 e. The van der Waals surface area contributed by atoms with Gasteiger partial charge >= 0.3 is 18.0 Å². The Morgan fingerprint density at radius 1 is 1.47 bits per heavy atom. The first-order chi connectivity index (χ1) is 8.95. The summed E-state index contributed by atoms with van der Waals surface area (Å²) in [5, 5.41) is 13.2. The fraction of sp³-hybridized carbons (Fsp3) is 0.364. The molecule has 0 aromatic carbocycles. The quantitative estimate of drug-likeness (QED) is 0.799. The number of rotatable bonds is 5. The Balaban J connectivity index is 2.56. The highest BCUT2D eigenvalue weighted by atomic mass is 32.1. The Bertz CT molecular complexity index is 485. The van der Waals surface area contributed by atoms with Crippen LogP contribution in [0.4, 0.5) is 9.80 Å². The first-order valence-corrected chi connectivity index (χ1v) is 6.23. The first kappa shape index (κ1) is 15.0. The number of amides is 2. The molecule has 0 fully saturated rings. The van der Waals surface area contributed by atoms with E-state index in [9.17, 15) is 14.4 Å². The molecular weight excluding hydrogens is 272 g/mol. The average molecular weight is 286 g/mol. The molecule has 2 amide bonds. The van der Waals surface area contributed by atoms with Crippen molar-refractivity contribution in [2.45, 2.75) is 6.42 Å². The molecular formula is C11H14N2O5S. The number of carbonyl (C=O) groups is 3. The second-order valence-corrected chi connectivity index (χ2v) is 4.56. The maximum absolute atomic E-state index is 11.8. The molecule has 104 valence electrons. The third-order valence-corrected chi connectivity index (χ3v) is 3.17. The van der Waals surface area contributed by atoms with Crippen molar-refractivity contribution in [1.82, 2.24) is 4.90 Å². The number of anilines is 1. The summed E-state index contributed by atoms with van der Waals surface area (Å²) in [5.74, 6) is -1.52. The second kappa shape index (κ2) is 6.74. The van der Waals surface area contributed by atoms with Crippen molar-refractivity contribution in [2.24, 2.45) is 0 Å². The van der Waals surface area contributed by atoms with Crippen molar-refractivity contribution in [3.8, 4) is 0 Å². The molecule has 1 aromatic rings. The Morgan fingerprint density at radius 2 is 2.16 bits per heavy atom. The highest BCUT2D eigenvalue weighted by molar-refractivity contribution is 7.14. The monoisotopic (exact) mass is 286 g/mol. The van der Waals surface area contributed by atoms with Gasteiger partial charge in [0.1, 0.15) is 5.00 Å². The van der Waals surface area contributed by atoms with Crippen molar-refractivity contribution in [2.75, 3.05) is 26.0 Å². The lowest BCUT2D eigenvalue weighted by molar-refractivity contribution is -0.140. The van der Waals surface area contributed by atoms with Crippen LogP contribution >= 0.6 is 11.3 Å². The van der Waals surface area contributed by atoms with E-state index in [0.717, 1.165) is 11.3 Å². The van der Waals surface area contributed by atoms with Crippen molar-refractivity contribution in [1.29, 1.82) is 0 Å². The molecule has 0 bridgehead atoms. The third kappa shape index (κ3) is 4.25. The summed E-state index contributed by atoms with van der Waals surface area (Å²) < 4.78 is 4.46. The van der Waals surface area contributed by atoms with Crippen molar-refractivity contribution >= 4 is 34.3 Å². The Kier molecular flexibility index (Phi) is 5.31. The maximum Gasteiger partial charge on any atom is 0.338 e. The Morgan fingerprint density at radius 3 is 2.74 bits per heavy atom. The van der Waals surface area contributed by atoms with Gasteiger partial charge < -0.3 is 14.7 Å². The van der Waals surface area contributed by atoms with E-state index in [1.54, 1.807) is 5.38 Å². The van der Waals surface area contributed by atoms with E-state index in [4.69, 9.17) is 5.11 Å². The van der Waals surface area contributed by atoms with Crippen LogP contribution in [0.15, 0.2) is 11.4 Å². The summed E-state index contributed by atoms with van der Waals surface area (Å²) in [6.45, 7) is 0.187. The first-order valence-electron chi connectivity index (χ1n) is 5.35. The van der Waals surface area contributed by atoms with Crippen LogP contribution in [0.25, 0.3) is 0 Å². The molecule has 0 aliphatic rings. The highest BCUT2D eigenvalue weighted by Gasteiger charge is 2.16. The highest BCUT2D eigenvalue weighted by Crippen LogP contribution is 2.23. The topological polar surface area (TPSA) is 95.9 Å². The van der Waals surface area contributed by atoms with Gasteiger partial charge in [-0.15, -0.1) is 11.3 Å². The summed E-state index contributed by atoms with van der Waals surface area (Å²) >= 11 is 1.12. The zero-order chi connectivity index (χ0) is 14.4. The summed E-state index contributed by atoms with van der Waals surface area (Å²) in [5.41, 5.74) is 0.0414. The van der Waals surface area contributed by atoms with Gasteiger partial charge in [0.2, 0.25) is 0 Å². The van der Waals surface area contributed by atoms with Crippen LogP contribution in [0.5, 0.6) is 0 Å². The van der Waals surface area contributed by atoms with Gasteiger partial charge in [-0.2, -0.15) is 0 Å². The van der Waals surface area contributed by atoms with E-state index < -0.39 is 18.0 Å². The van der Waals surface area contributed by atoms with E-state index in [2.05, 4.69) is 10.1 Å². The van der Waals surface area contributed by atoms with Gasteiger partial charge in [0, 0.05) is 13.6 Å². The third-order valence-electron chi connectivity index (χ3n) is 2.34. The molecule has 1 rings (SSSR count). The number of esters is 1. The minimum absolute atomic E-state index is 0.0414. The SMILES string of the molecule is COC(=O)CCN(C)C(=O)Nc1sccc1C(=O)O. The molecule has 0 saturated heterocycles. The number of carboxylic acid groups (broad SMARTS) is 1. The van der Waals surface area contributed by atoms with E-state index in [-0.39, 0.29) is 23.5 Å². The molecule has 0 spiro atoms. The fourth-order valence-corrected chi connectivity index (χ4v) is 2.00. The predicted molar refractivity (Wildman–Crippen MR) is 69.6 cm³/mol. The summed E-state index contributed by atoms with van der Waals surface area (Å²) in [7, 11) is 2.78. The summed E-state index contributed by atoms with van der Waals surface area (Å²) in [6, 6.07) is 0.936. The van der Waals surface area contributed by atoms with Gasteiger partial charge in [0.15, 0.2) is 0 Å². The zero-order valence-electron chi connectivity index (χ0n) is 10.5. The van der Waals surface area contributed by atoms with E-state index in [1.165, 1.54) is 25.1 Å². The number of thiophene rings is 1. The molecule has 19 heavy (non-hydrogen) atoms. The molecule has 7 nitrogen and oxygen atoms in total. The minimum atomic E-state index is -1.10. The smallest absolute Gasteiger partial charge is 0.338 e. The number of nitrogens with one attached hydrogen (secondary N) is 1. The Labute approximate surface area is 113 Å². The number of ether oxygens (including phenoxy) is 1. The molecule has 0 atom stereocenters. The molecule has 0 aliphatic carbocycles. The number of methoxy groups -OCH3 is 1. The van der Waals surface area contributed by atoms with Crippen molar-refractivity contribution < 1.29 is 24.2 Å². The lowest BCUT2D eigenvalue weighted by Gasteiger charge is -2.16. The van der Waals surface area contributed by atoms with Crippen molar-refractivity contribution in [3.63, 3.8) is 0 Å². The van der Waals surface area contributed by atoms with Crippen LogP contribution < -0.4 is 5.32 Å². The number of hydrogen-bond donors (Lipinski definition) is 2. The largest absolute Gasteiger partial charge is 0.478 e. The molecule has 8 heteroatoms. The number of nitrogens with zero attached hydrogens (tertiary/aromatic N) is 1. The molecule has 1 heterocycles. The van der Waals surface area contributed by atoms with Crippen LogP contribution in [-0.4, -0.2) is 48.7 Å². The Hall–Kier alpha value is -2.09. The van der Waals surface area contributed by atoms with Gasteiger partial charge in [0.25, 0.3) is 0 Å². The number of urea groups is 1. The zero-order valence-corrected chi connectivity index (χ0v) is 11.3. The van der Waals surface area contributed by atoms with Gasteiger partial charge in [-0.3, -0.25) is 10.1 Å². The van der Waals surface area contributed by atoms with Crippen LogP contribution in [0.1, 0.15) is 16.8 Å². The normalized spacial score (nSPS) is 9.79. The fourth-order valence-electron chi connectivity index (χ4n) is 1.23. The standard InChI is InChI=1S/C11H14N2O5S/c1-13(5-3-8(14)18-2)11(17)12-9-7(10(15)16)4-6-19-9/h4,6H,3,5H2,1-2H3,(H,12,17)(H,15,16). The van der Waals surface area contributed by atoms with E-state index in [0.29, 0.717) is 0 Å². The lowest BCUT2D eigenvalue weighted by atomic mass is 10.3. The molecule has 2 N–H and O–H groups in total. The summed E-state index contributed by atoms with van der Waals surface area (Å²) in [6.07, 6.45) is 0.0800. The van der Waals surface area contributed by atoms with Crippen LogP contribution in [0.3, 0.4) is 0 Å². The van der Waals surface area contributed by atoms with Crippen molar-refractivity contribution in [3.05, 3.63) is 17.0 Å². The van der Waals surface area contributed by atoms with Crippen LogP contribution in [0.2, 0.25) is 0 Å². The molecule has 0 radical (unpaired) electrons. The van der Waals surface area contributed by atoms with Gasteiger partial charge in [-0.1, -0.05) is 0 Å². The number of hydrogen-bond acceptors (Lipinski definition) is 5. The predicted octanol–water partition coefficient (Wildman–Crippen LogP) is 1.47. The number of carboxylic acids is 1. The molecule has 0 saturated carbocycles. The number of carbonyl (C=O) groups excluding carboxylic acids is 2. The lowest BCUT2D eigenvalue weighted by Crippen LogP contribution is -2.33.